The van der Waals surface area contributed by atoms with Gasteiger partial charge < -0.3 is 5.32 Å². The van der Waals surface area contributed by atoms with E-state index in [-0.39, 0.29) is 6.04 Å². The van der Waals surface area contributed by atoms with E-state index in [4.69, 9.17) is 23.2 Å². The number of benzene rings is 1. The predicted molar refractivity (Wildman–Crippen MR) is 84.5 cm³/mol. The Hall–Kier alpha value is -1.25. The minimum Gasteiger partial charge on any atom is -0.375 e. The van der Waals surface area contributed by atoms with E-state index in [2.05, 4.69) is 34.6 Å². The molecule has 1 atom stereocenters. The summed E-state index contributed by atoms with van der Waals surface area (Å²) < 4.78 is 0. The maximum absolute atomic E-state index is 6.23. The second kappa shape index (κ2) is 5.63. The molecule has 1 aromatic heterocycles. The van der Waals surface area contributed by atoms with Gasteiger partial charge in [0.25, 0.3) is 0 Å². The standard InChI is InChI=1S/C16H16Cl2N2/c1-10-9-13(17)19-16(18)14(10)20-15(12-7-8-12)11-5-3-2-4-6-11/h2-6,9,12,15,20H,7-8H2,1H3. The Kier molecular flexibility index (Phi) is 3.86. The van der Waals surface area contributed by atoms with Gasteiger partial charge in [0.15, 0.2) is 5.15 Å². The first-order valence-corrected chi connectivity index (χ1v) is 7.55. The lowest BCUT2D eigenvalue weighted by Crippen LogP contribution is -2.14. The highest BCUT2D eigenvalue weighted by molar-refractivity contribution is 6.34. The van der Waals surface area contributed by atoms with E-state index >= 15 is 0 Å². The summed E-state index contributed by atoms with van der Waals surface area (Å²) in [7, 11) is 0. The molecule has 0 radical (unpaired) electrons. The Morgan fingerprint density at radius 2 is 1.90 bits per heavy atom. The number of nitrogens with one attached hydrogen (secondary N) is 1. The van der Waals surface area contributed by atoms with Crippen LogP contribution in [-0.4, -0.2) is 4.98 Å². The van der Waals surface area contributed by atoms with Crippen molar-refractivity contribution in [1.82, 2.24) is 4.98 Å². The second-order valence-electron chi connectivity index (χ2n) is 5.30. The van der Waals surface area contributed by atoms with Crippen molar-refractivity contribution in [3.63, 3.8) is 0 Å². The Morgan fingerprint density at radius 1 is 1.20 bits per heavy atom. The smallest absolute Gasteiger partial charge is 0.154 e. The molecule has 1 heterocycles. The first kappa shape index (κ1) is 13.7. The molecule has 1 aromatic carbocycles. The van der Waals surface area contributed by atoms with Gasteiger partial charge in [-0.25, -0.2) is 4.98 Å². The van der Waals surface area contributed by atoms with Crippen LogP contribution in [0.2, 0.25) is 10.3 Å². The Labute approximate surface area is 129 Å². The van der Waals surface area contributed by atoms with Crippen LogP contribution in [0, 0.1) is 12.8 Å². The van der Waals surface area contributed by atoms with Gasteiger partial charge in [-0.2, -0.15) is 0 Å². The monoisotopic (exact) mass is 306 g/mol. The predicted octanol–water partition coefficient (Wildman–Crippen LogP) is 5.26. The minimum atomic E-state index is 0.287. The van der Waals surface area contributed by atoms with E-state index in [0.717, 1.165) is 11.3 Å². The van der Waals surface area contributed by atoms with Gasteiger partial charge in [0.05, 0.1) is 11.7 Å². The van der Waals surface area contributed by atoms with Crippen LogP contribution in [0.25, 0.3) is 0 Å². The topological polar surface area (TPSA) is 24.9 Å². The summed E-state index contributed by atoms with van der Waals surface area (Å²) in [6.45, 7) is 2.00. The third kappa shape index (κ3) is 2.92. The van der Waals surface area contributed by atoms with Crippen LogP contribution in [0.3, 0.4) is 0 Å². The number of hydrogen-bond donors (Lipinski definition) is 1. The molecular weight excluding hydrogens is 291 g/mol. The van der Waals surface area contributed by atoms with Crippen LogP contribution in [0.5, 0.6) is 0 Å². The second-order valence-corrected chi connectivity index (χ2v) is 6.04. The zero-order valence-corrected chi connectivity index (χ0v) is 12.7. The molecule has 104 valence electrons. The lowest BCUT2D eigenvalue weighted by atomic mass is 10.0. The summed E-state index contributed by atoms with van der Waals surface area (Å²) in [6, 6.07) is 12.6. The van der Waals surface area contributed by atoms with Crippen molar-refractivity contribution < 1.29 is 0 Å². The fraction of sp³-hybridized carbons (Fsp3) is 0.312. The fourth-order valence-electron chi connectivity index (χ4n) is 2.49. The van der Waals surface area contributed by atoms with Crippen molar-refractivity contribution in [1.29, 1.82) is 0 Å². The molecule has 1 aliphatic rings. The molecule has 20 heavy (non-hydrogen) atoms. The van der Waals surface area contributed by atoms with Crippen LogP contribution in [0.15, 0.2) is 36.4 Å². The highest BCUT2D eigenvalue weighted by Gasteiger charge is 2.33. The van der Waals surface area contributed by atoms with Gasteiger partial charge >= 0.3 is 0 Å². The molecule has 1 unspecified atom stereocenters. The van der Waals surface area contributed by atoms with Crippen LogP contribution < -0.4 is 5.32 Å². The molecule has 1 N–H and O–H groups in total. The summed E-state index contributed by atoms with van der Waals surface area (Å²) in [6.07, 6.45) is 2.51. The first-order chi connectivity index (χ1) is 9.65. The van der Waals surface area contributed by atoms with Gasteiger partial charge in [-0.1, -0.05) is 53.5 Å². The maximum atomic E-state index is 6.23. The van der Waals surface area contributed by atoms with Crippen molar-refractivity contribution in [2.45, 2.75) is 25.8 Å². The molecular formula is C16H16Cl2N2. The lowest BCUT2D eigenvalue weighted by Gasteiger charge is -2.22. The number of halogens is 2. The van der Waals surface area contributed by atoms with E-state index in [1.807, 2.05) is 19.1 Å². The van der Waals surface area contributed by atoms with Gasteiger partial charge in [0.2, 0.25) is 0 Å². The normalized spacial score (nSPS) is 15.9. The molecule has 1 aliphatic carbocycles. The Balaban J connectivity index is 1.92. The molecule has 0 bridgehead atoms. The maximum Gasteiger partial charge on any atom is 0.154 e. The number of aromatic nitrogens is 1. The van der Waals surface area contributed by atoms with E-state index in [1.165, 1.54) is 18.4 Å². The molecule has 0 saturated heterocycles. The SMILES string of the molecule is Cc1cc(Cl)nc(Cl)c1NC(c1ccccc1)C1CC1. The van der Waals surface area contributed by atoms with Gasteiger partial charge in [-0.05, 0) is 42.9 Å². The van der Waals surface area contributed by atoms with Crippen molar-refractivity contribution >= 4 is 28.9 Å². The highest BCUT2D eigenvalue weighted by Crippen LogP contribution is 2.44. The molecule has 0 spiro atoms. The van der Waals surface area contributed by atoms with Gasteiger partial charge in [-0.15, -0.1) is 0 Å². The van der Waals surface area contributed by atoms with Gasteiger partial charge in [0, 0.05) is 0 Å². The molecule has 3 rings (SSSR count). The summed E-state index contributed by atoms with van der Waals surface area (Å²) in [5.74, 6) is 0.670. The Morgan fingerprint density at radius 3 is 2.50 bits per heavy atom. The Bertz CT molecular complexity index is 586. The number of hydrogen-bond acceptors (Lipinski definition) is 2. The third-order valence-electron chi connectivity index (χ3n) is 3.69. The summed E-state index contributed by atoms with van der Waals surface area (Å²) in [5, 5.41) is 4.44. The van der Waals surface area contributed by atoms with Gasteiger partial charge in [-0.3, -0.25) is 0 Å². The summed E-state index contributed by atoms with van der Waals surface area (Å²) in [5.41, 5.74) is 3.20. The van der Waals surface area contributed by atoms with E-state index in [9.17, 15) is 0 Å². The number of anilines is 1. The molecule has 1 saturated carbocycles. The number of rotatable bonds is 4. The van der Waals surface area contributed by atoms with E-state index < -0.39 is 0 Å². The zero-order chi connectivity index (χ0) is 14.1. The van der Waals surface area contributed by atoms with Crippen molar-refractivity contribution in [2.75, 3.05) is 5.32 Å². The summed E-state index contributed by atoms with van der Waals surface area (Å²) >= 11 is 12.2. The number of aryl methyl sites for hydroxylation is 1. The van der Waals surface area contributed by atoms with Crippen LogP contribution in [0.4, 0.5) is 5.69 Å². The minimum absolute atomic E-state index is 0.287. The van der Waals surface area contributed by atoms with E-state index in [0.29, 0.717) is 16.2 Å². The average molecular weight is 307 g/mol. The molecule has 4 heteroatoms. The average Bonchev–Trinajstić information content (AvgIpc) is 3.23. The molecule has 2 nitrogen and oxygen atoms in total. The molecule has 0 aliphatic heterocycles. The molecule has 1 fully saturated rings. The zero-order valence-electron chi connectivity index (χ0n) is 11.2. The van der Waals surface area contributed by atoms with Crippen LogP contribution in [-0.2, 0) is 0 Å². The van der Waals surface area contributed by atoms with Gasteiger partial charge in [0.1, 0.15) is 5.15 Å². The number of pyridine rings is 1. The van der Waals surface area contributed by atoms with E-state index in [1.54, 1.807) is 0 Å². The molecule has 2 aromatic rings. The lowest BCUT2D eigenvalue weighted by molar-refractivity contribution is 0.678. The summed E-state index contributed by atoms with van der Waals surface area (Å²) in [4.78, 5) is 4.13. The third-order valence-corrected chi connectivity index (χ3v) is 4.16. The van der Waals surface area contributed by atoms with Crippen LogP contribution >= 0.6 is 23.2 Å². The van der Waals surface area contributed by atoms with Crippen LogP contribution in [0.1, 0.15) is 30.0 Å². The number of nitrogens with zero attached hydrogens (tertiary/aromatic N) is 1. The van der Waals surface area contributed by atoms with Crippen molar-refractivity contribution in [3.05, 3.63) is 57.8 Å². The fourth-order valence-corrected chi connectivity index (χ4v) is 3.07. The largest absolute Gasteiger partial charge is 0.375 e. The van der Waals surface area contributed by atoms with Crippen molar-refractivity contribution in [3.8, 4) is 0 Å². The van der Waals surface area contributed by atoms with Crippen molar-refractivity contribution in [2.24, 2.45) is 5.92 Å². The highest BCUT2D eigenvalue weighted by atomic mass is 35.5. The first-order valence-electron chi connectivity index (χ1n) is 6.79. The molecule has 0 amide bonds. The quantitative estimate of drug-likeness (QED) is 0.779.